The molecule has 0 atom stereocenters. The van der Waals surface area contributed by atoms with Crippen molar-refractivity contribution in [2.24, 2.45) is 0 Å². The molecule has 1 N–H and O–H groups in total. The van der Waals surface area contributed by atoms with E-state index in [1.165, 1.54) is 12.1 Å². The summed E-state index contributed by atoms with van der Waals surface area (Å²) in [5.41, 5.74) is 0.154. The Balaban J connectivity index is 3.05. The number of halogens is 1. The summed E-state index contributed by atoms with van der Waals surface area (Å²) < 4.78 is 18.4. The minimum absolute atomic E-state index is 0.0305. The van der Waals surface area contributed by atoms with Gasteiger partial charge in [-0.2, -0.15) is 5.26 Å². The van der Waals surface area contributed by atoms with E-state index in [9.17, 15) is 9.18 Å². The van der Waals surface area contributed by atoms with Crippen LogP contribution >= 0.6 is 0 Å². The number of nitrogens with zero attached hydrogens (tertiary/aromatic N) is 1. The molecule has 0 saturated heterocycles. The molecule has 0 aliphatic rings. The molecule has 0 aliphatic carbocycles. The second-order valence-corrected chi connectivity index (χ2v) is 3.32. The molecule has 5 heteroatoms. The minimum atomic E-state index is -0.781. The predicted molar refractivity (Wildman–Crippen MR) is 57.4 cm³/mol. The molecule has 0 spiro atoms. The molecule has 1 aromatic carbocycles. The van der Waals surface area contributed by atoms with Crippen LogP contribution in [0.3, 0.4) is 0 Å². The van der Waals surface area contributed by atoms with Crippen LogP contribution in [0.4, 0.5) is 4.39 Å². The summed E-state index contributed by atoms with van der Waals surface area (Å²) in [5, 5.41) is 17.7. The van der Waals surface area contributed by atoms with Gasteiger partial charge < -0.3 is 9.84 Å². The Morgan fingerprint density at radius 2 is 2.29 bits per heavy atom. The Hall–Kier alpha value is -1.93. The number of aliphatic hydroxyl groups is 1. The van der Waals surface area contributed by atoms with Crippen LogP contribution in [0, 0.1) is 17.1 Å². The first-order valence-corrected chi connectivity index (χ1v) is 5.10. The van der Waals surface area contributed by atoms with E-state index in [4.69, 9.17) is 15.1 Å². The maximum atomic E-state index is 13.6. The normalized spacial score (nSPS) is 9.76. The van der Waals surface area contributed by atoms with Crippen LogP contribution in [0.15, 0.2) is 12.1 Å². The van der Waals surface area contributed by atoms with Crippen LogP contribution in [0.2, 0.25) is 0 Å². The average Bonchev–Trinajstić information content (AvgIpc) is 2.30. The monoisotopic (exact) mass is 237 g/mol. The number of esters is 1. The maximum absolute atomic E-state index is 13.6. The topological polar surface area (TPSA) is 70.3 Å². The van der Waals surface area contributed by atoms with Crippen molar-refractivity contribution in [3.63, 3.8) is 0 Å². The molecule has 0 bridgehead atoms. The number of ether oxygens (including phenoxy) is 1. The lowest BCUT2D eigenvalue weighted by Gasteiger charge is -2.09. The number of benzene rings is 1. The van der Waals surface area contributed by atoms with E-state index >= 15 is 0 Å². The largest absolute Gasteiger partial charge is 0.466 e. The predicted octanol–water partition coefficient (Wildman–Crippen LogP) is 1.30. The van der Waals surface area contributed by atoms with Gasteiger partial charge in [0, 0.05) is 5.56 Å². The molecule has 0 saturated carbocycles. The van der Waals surface area contributed by atoms with Crippen LogP contribution in [0.25, 0.3) is 0 Å². The SMILES string of the molecule is CCOC(=O)Cc1ccc(C#N)c(F)c1CO. The molecule has 17 heavy (non-hydrogen) atoms. The summed E-state index contributed by atoms with van der Waals surface area (Å²) in [5.74, 6) is -1.27. The third-order valence-corrected chi connectivity index (χ3v) is 2.26. The number of carbonyl (C=O) groups is 1. The quantitative estimate of drug-likeness (QED) is 0.801. The van der Waals surface area contributed by atoms with Crippen LogP contribution in [0.5, 0.6) is 0 Å². The fourth-order valence-electron chi connectivity index (χ4n) is 1.45. The standard InChI is InChI=1S/C12H12FNO3/c1-2-17-11(16)5-8-3-4-9(6-14)12(13)10(8)7-15/h3-4,15H,2,5,7H2,1H3. The third kappa shape index (κ3) is 3.02. The highest BCUT2D eigenvalue weighted by molar-refractivity contribution is 5.73. The first kappa shape index (κ1) is 13.1. The van der Waals surface area contributed by atoms with Crippen molar-refractivity contribution in [1.29, 1.82) is 5.26 Å². The Labute approximate surface area is 98.2 Å². The molecule has 0 aromatic heterocycles. The number of rotatable bonds is 4. The smallest absolute Gasteiger partial charge is 0.310 e. The number of aliphatic hydroxyl groups excluding tert-OH is 1. The second-order valence-electron chi connectivity index (χ2n) is 3.32. The highest BCUT2D eigenvalue weighted by Crippen LogP contribution is 2.18. The summed E-state index contributed by atoms with van der Waals surface area (Å²) in [6.07, 6.45) is -0.119. The molecule has 0 heterocycles. The van der Waals surface area contributed by atoms with Crippen molar-refractivity contribution in [3.8, 4) is 6.07 Å². The minimum Gasteiger partial charge on any atom is -0.466 e. The molecule has 0 fully saturated rings. The molecule has 0 radical (unpaired) electrons. The molecule has 0 unspecified atom stereocenters. The Kier molecular flexibility index (Phi) is 4.61. The average molecular weight is 237 g/mol. The second kappa shape index (κ2) is 5.97. The van der Waals surface area contributed by atoms with Crippen LogP contribution in [-0.4, -0.2) is 17.7 Å². The van der Waals surface area contributed by atoms with Crippen LogP contribution < -0.4 is 0 Å². The number of nitriles is 1. The molecule has 1 rings (SSSR count). The van der Waals surface area contributed by atoms with Gasteiger partial charge in [-0.1, -0.05) is 6.07 Å². The van der Waals surface area contributed by atoms with Crippen LogP contribution in [0.1, 0.15) is 23.6 Å². The van der Waals surface area contributed by atoms with E-state index in [0.29, 0.717) is 5.56 Å². The zero-order valence-corrected chi connectivity index (χ0v) is 9.36. The lowest BCUT2D eigenvalue weighted by Crippen LogP contribution is -2.11. The lowest BCUT2D eigenvalue weighted by molar-refractivity contribution is -0.142. The van der Waals surface area contributed by atoms with Crippen molar-refractivity contribution in [2.45, 2.75) is 20.0 Å². The van der Waals surface area contributed by atoms with Crippen molar-refractivity contribution in [1.82, 2.24) is 0 Å². The van der Waals surface area contributed by atoms with Gasteiger partial charge >= 0.3 is 5.97 Å². The Morgan fingerprint density at radius 1 is 1.59 bits per heavy atom. The summed E-state index contributed by atoms with van der Waals surface area (Å²) >= 11 is 0. The van der Waals surface area contributed by atoms with Gasteiger partial charge in [0.05, 0.1) is 25.2 Å². The van der Waals surface area contributed by atoms with E-state index in [2.05, 4.69) is 0 Å². The van der Waals surface area contributed by atoms with Crippen molar-refractivity contribution in [3.05, 3.63) is 34.6 Å². The van der Waals surface area contributed by atoms with E-state index in [0.717, 1.165) is 0 Å². The van der Waals surface area contributed by atoms with Gasteiger partial charge in [-0.05, 0) is 18.6 Å². The molecule has 0 amide bonds. The first-order valence-electron chi connectivity index (χ1n) is 5.10. The third-order valence-electron chi connectivity index (χ3n) is 2.26. The highest BCUT2D eigenvalue weighted by atomic mass is 19.1. The zero-order chi connectivity index (χ0) is 12.8. The molecule has 4 nitrogen and oxygen atoms in total. The molecule has 90 valence electrons. The molecule has 1 aromatic rings. The first-order chi connectivity index (χ1) is 8.13. The summed E-state index contributed by atoms with van der Waals surface area (Å²) in [4.78, 5) is 11.3. The number of hydrogen-bond acceptors (Lipinski definition) is 4. The number of hydrogen-bond donors (Lipinski definition) is 1. The van der Waals surface area contributed by atoms with Gasteiger partial charge in [-0.15, -0.1) is 0 Å². The zero-order valence-electron chi connectivity index (χ0n) is 9.36. The van der Waals surface area contributed by atoms with Crippen molar-refractivity contribution >= 4 is 5.97 Å². The summed E-state index contributed by atoms with van der Waals surface area (Å²) in [7, 11) is 0. The molecular weight excluding hydrogens is 225 g/mol. The Bertz CT molecular complexity index is 466. The van der Waals surface area contributed by atoms with Crippen molar-refractivity contribution < 1.29 is 19.0 Å². The van der Waals surface area contributed by atoms with Crippen molar-refractivity contribution in [2.75, 3.05) is 6.61 Å². The number of carbonyl (C=O) groups excluding carboxylic acids is 1. The summed E-state index contributed by atoms with van der Waals surface area (Å²) in [6.45, 7) is 1.35. The lowest BCUT2D eigenvalue weighted by atomic mass is 10.0. The summed E-state index contributed by atoms with van der Waals surface area (Å²) in [6, 6.07) is 4.40. The molecular formula is C12H12FNO3. The van der Waals surface area contributed by atoms with Gasteiger partial charge in [0.25, 0.3) is 0 Å². The van der Waals surface area contributed by atoms with Gasteiger partial charge in [0.15, 0.2) is 0 Å². The molecule has 0 aliphatic heterocycles. The highest BCUT2D eigenvalue weighted by Gasteiger charge is 2.15. The van der Waals surface area contributed by atoms with E-state index < -0.39 is 18.4 Å². The van der Waals surface area contributed by atoms with Gasteiger partial charge in [-0.25, -0.2) is 4.39 Å². The van der Waals surface area contributed by atoms with E-state index in [1.54, 1.807) is 13.0 Å². The Morgan fingerprint density at radius 3 is 2.82 bits per heavy atom. The van der Waals surface area contributed by atoms with Crippen LogP contribution in [-0.2, 0) is 22.6 Å². The van der Waals surface area contributed by atoms with Gasteiger partial charge in [-0.3, -0.25) is 4.79 Å². The fourth-order valence-corrected chi connectivity index (χ4v) is 1.45. The van der Waals surface area contributed by atoms with E-state index in [-0.39, 0.29) is 24.2 Å². The van der Waals surface area contributed by atoms with E-state index in [1.807, 2.05) is 0 Å². The fraction of sp³-hybridized carbons (Fsp3) is 0.333. The van der Waals surface area contributed by atoms with Gasteiger partial charge in [0.2, 0.25) is 0 Å². The van der Waals surface area contributed by atoms with Gasteiger partial charge in [0.1, 0.15) is 11.9 Å². The maximum Gasteiger partial charge on any atom is 0.310 e.